The lowest BCUT2D eigenvalue weighted by Gasteiger charge is -2.38. The van der Waals surface area contributed by atoms with Crippen molar-refractivity contribution in [2.45, 2.75) is 44.8 Å². The van der Waals surface area contributed by atoms with Crippen LogP contribution in [0.3, 0.4) is 0 Å². The molecule has 1 aromatic carbocycles. The van der Waals surface area contributed by atoms with Gasteiger partial charge in [-0.05, 0) is 48.6 Å². The average molecular weight is 422 g/mol. The number of aryl methyl sites for hydroxylation is 1. The molecule has 1 atom stereocenters. The molecule has 1 aromatic heterocycles. The zero-order valence-electron chi connectivity index (χ0n) is 17.6. The van der Waals surface area contributed by atoms with Gasteiger partial charge in [-0.15, -0.1) is 0 Å². The Hall–Kier alpha value is -3.42. The molecule has 3 amide bonds. The summed E-state index contributed by atoms with van der Waals surface area (Å²) in [4.78, 5) is 36.9. The molecule has 4 rings (SSSR count). The number of urea groups is 1. The van der Waals surface area contributed by atoms with Crippen molar-refractivity contribution in [1.29, 1.82) is 0 Å². The van der Waals surface area contributed by atoms with E-state index < -0.39 is 5.60 Å². The maximum Gasteiger partial charge on any atom is 0.321 e. The lowest BCUT2D eigenvalue weighted by Crippen LogP contribution is -2.52. The summed E-state index contributed by atoms with van der Waals surface area (Å²) < 4.78 is 0. The molecular formula is C23H27N5O3. The quantitative estimate of drug-likeness (QED) is 0.775. The van der Waals surface area contributed by atoms with Crippen LogP contribution in [0.15, 0.2) is 53.9 Å². The number of hydrogen-bond acceptors (Lipinski definition) is 5. The van der Waals surface area contributed by atoms with Crippen molar-refractivity contribution in [2.75, 3.05) is 18.4 Å². The SMILES string of the molecule is CCc1cccc(NC(=O)N2CCCC3(CC(C(=O)NCc4cccnc4)=NO3)C2)c1. The highest BCUT2D eigenvalue weighted by Crippen LogP contribution is 2.33. The van der Waals surface area contributed by atoms with Gasteiger partial charge in [0.15, 0.2) is 5.60 Å². The molecule has 1 fully saturated rings. The Bertz CT molecular complexity index is 978. The Morgan fingerprint density at radius 1 is 1.23 bits per heavy atom. The molecule has 1 spiro atoms. The first kappa shape index (κ1) is 20.8. The van der Waals surface area contributed by atoms with Crippen LogP contribution in [0.2, 0.25) is 0 Å². The molecule has 0 bridgehead atoms. The molecule has 8 nitrogen and oxygen atoms in total. The van der Waals surface area contributed by atoms with Crippen LogP contribution in [0, 0.1) is 0 Å². The number of amides is 3. The van der Waals surface area contributed by atoms with Crippen molar-refractivity contribution in [2.24, 2.45) is 5.16 Å². The largest absolute Gasteiger partial charge is 0.386 e. The van der Waals surface area contributed by atoms with Gasteiger partial charge in [-0.25, -0.2) is 4.79 Å². The summed E-state index contributed by atoms with van der Waals surface area (Å²) in [6.45, 7) is 3.50. The highest BCUT2D eigenvalue weighted by atomic mass is 16.7. The van der Waals surface area contributed by atoms with Crippen molar-refractivity contribution in [3.05, 3.63) is 59.9 Å². The third kappa shape index (κ3) is 5.02. The Kier molecular flexibility index (Phi) is 6.16. The summed E-state index contributed by atoms with van der Waals surface area (Å²) in [6, 6.07) is 11.4. The second-order valence-corrected chi connectivity index (χ2v) is 8.04. The standard InChI is InChI=1S/C23H27N5O3/c1-2-17-6-3-8-19(12-17)26-22(30)28-11-5-9-23(16-28)13-20(27-31-23)21(29)25-15-18-7-4-10-24-14-18/h3-4,6-8,10,12,14H,2,5,9,11,13,15-16H2,1H3,(H,25,29)(H,26,30). The third-order valence-corrected chi connectivity index (χ3v) is 5.69. The number of hydrogen-bond donors (Lipinski definition) is 2. The number of aromatic nitrogens is 1. The van der Waals surface area contributed by atoms with Gasteiger partial charge in [0.25, 0.3) is 5.91 Å². The van der Waals surface area contributed by atoms with E-state index in [1.54, 1.807) is 17.3 Å². The van der Waals surface area contributed by atoms with Crippen LogP contribution in [0.4, 0.5) is 10.5 Å². The van der Waals surface area contributed by atoms with Gasteiger partial charge in [-0.1, -0.05) is 30.3 Å². The third-order valence-electron chi connectivity index (χ3n) is 5.69. The van der Waals surface area contributed by atoms with Crippen LogP contribution in [0.1, 0.15) is 37.3 Å². The molecule has 162 valence electrons. The zero-order valence-corrected chi connectivity index (χ0v) is 17.6. The maximum atomic E-state index is 12.8. The van der Waals surface area contributed by atoms with Gasteiger partial charge in [0.1, 0.15) is 5.71 Å². The molecule has 0 radical (unpaired) electrons. The van der Waals surface area contributed by atoms with Crippen molar-refractivity contribution in [3.63, 3.8) is 0 Å². The summed E-state index contributed by atoms with van der Waals surface area (Å²) >= 11 is 0. The van der Waals surface area contributed by atoms with Crippen LogP contribution in [0.5, 0.6) is 0 Å². The summed E-state index contributed by atoms with van der Waals surface area (Å²) in [5, 5.41) is 9.89. The van der Waals surface area contributed by atoms with E-state index in [0.29, 0.717) is 31.8 Å². The van der Waals surface area contributed by atoms with Gasteiger partial charge in [-0.2, -0.15) is 0 Å². The zero-order chi connectivity index (χ0) is 21.7. The molecule has 2 aliphatic heterocycles. The van der Waals surface area contributed by atoms with Crippen LogP contribution in [-0.2, 0) is 22.6 Å². The van der Waals surface area contributed by atoms with Gasteiger partial charge < -0.3 is 20.4 Å². The predicted octanol–water partition coefficient (Wildman–Crippen LogP) is 3.10. The summed E-state index contributed by atoms with van der Waals surface area (Å²) in [7, 11) is 0. The van der Waals surface area contributed by atoms with E-state index in [-0.39, 0.29) is 11.9 Å². The fourth-order valence-corrected chi connectivity index (χ4v) is 3.99. The number of piperidine rings is 1. The van der Waals surface area contributed by atoms with Crippen molar-refractivity contribution >= 4 is 23.3 Å². The molecule has 0 aliphatic carbocycles. The first-order chi connectivity index (χ1) is 15.1. The number of likely N-dealkylation sites (tertiary alicyclic amines) is 1. The van der Waals surface area contributed by atoms with Gasteiger partial charge >= 0.3 is 6.03 Å². The second kappa shape index (κ2) is 9.16. The number of oxime groups is 1. The van der Waals surface area contributed by atoms with Crippen LogP contribution >= 0.6 is 0 Å². The lowest BCUT2D eigenvalue weighted by atomic mass is 9.88. The van der Waals surface area contributed by atoms with E-state index in [2.05, 4.69) is 27.7 Å². The second-order valence-electron chi connectivity index (χ2n) is 8.04. The fourth-order valence-electron chi connectivity index (χ4n) is 3.99. The van der Waals surface area contributed by atoms with Gasteiger partial charge in [0.2, 0.25) is 0 Å². The molecule has 1 unspecified atom stereocenters. The number of carbonyl (C=O) groups is 2. The van der Waals surface area contributed by atoms with E-state index in [1.807, 2.05) is 36.4 Å². The molecule has 3 heterocycles. The number of nitrogens with one attached hydrogen (secondary N) is 2. The molecule has 1 saturated heterocycles. The normalized spacial score (nSPS) is 20.2. The van der Waals surface area contributed by atoms with Crippen LogP contribution < -0.4 is 10.6 Å². The average Bonchev–Trinajstić information content (AvgIpc) is 3.21. The molecule has 2 aliphatic rings. The Balaban J connectivity index is 1.32. The van der Waals surface area contributed by atoms with Gasteiger partial charge in [-0.3, -0.25) is 9.78 Å². The van der Waals surface area contributed by atoms with E-state index in [1.165, 1.54) is 5.56 Å². The van der Waals surface area contributed by atoms with E-state index >= 15 is 0 Å². The maximum absolute atomic E-state index is 12.8. The van der Waals surface area contributed by atoms with Crippen LogP contribution in [0.25, 0.3) is 0 Å². The smallest absolute Gasteiger partial charge is 0.321 e. The monoisotopic (exact) mass is 421 g/mol. The van der Waals surface area contributed by atoms with E-state index in [0.717, 1.165) is 30.5 Å². The Labute approximate surface area is 181 Å². The van der Waals surface area contributed by atoms with Crippen molar-refractivity contribution < 1.29 is 14.4 Å². The first-order valence-corrected chi connectivity index (χ1v) is 10.6. The van der Waals surface area contributed by atoms with Crippen LogP contribution in [-0.4, -0.2) is 46.2 Å². The number of carbonyl (C=O) groups excluding carboxylic acids is 2. The summed E-state index contributed by atoms with van der Waals surface area (Å²) in [5.74, 6) is -0.251. The van der Waals surface area contributed by atoms with Crippen molar-refractivity contribution in [1.82, 2.24) is 15.2 Å². The minimum Gasteiger partial charge on any atom is -0.386 e. The Morgan fingerprint density at radius 3 is 2.90 bits per heavy atom. The first-order valence-electron chi connectivity index (χ1n) is 10.6. The predicted molar refractivity (Wildman–Crippen MR) is 118 cm³/mol. The highest BCUT2D eigenvalue weighted by Gasteiger charge is 2.45. The van der Waals surface area contributed by atoms with Crippen molar-refractivity contribution in [3.8, 4) is 0 Å². The minimum atomic E-state index is -0.637. The molecule has 0 saturated carbocycles. The lowest BCUT2D eigenvalue weighted by molar-refractivity contribution is -0.115. The number of nitrogens with zero attached hydrogens (tertiary/aromatic N) is 3. The minimum absolute atomic E-state index is 0.162. The van der Waals surface area contributed by atoms with E-state index in [9.17, 15) is 9.59 Å². The number of pyridine rings is 1. The van der Waals surface area contributed by atoms with E-state index in [4.69, 9.17) is 4.84 Å². The van der Waals surface area contributed by atoms with Gasteiger partial charge in [0.05, 0.1) is 6.54 Å². The molecule has 2 aromatic rings. The number of benzene rings is 1. The summed E-state index contributed by atoms with van der Waals surface area (Å²) in [5.41, 5.74) is 2.59. The fraction of sp³-hybridized carbons (Fsp3) is 0.391. The Morgan fingerprint density at radius 2 is 2.10 bits per heavy atom. The molecular weight excluding hydrogens is 394 g/mol. The highest BCUT2D eigenvalue weighted by molar-refractivity contribution is 6.39. The topological polar surface area (TPSA) is 95.9 Å². The molecule has 8 heteroatoms. The number of rotatable bonds is 5. The number of anilines is 1. The van der Waals surface area contributed by atoms with Gasteiger partial charge in [0, 0.05) is 37.6 Å². The molecule has 31 heavy (non-hydrogen) atoms. The molecule has 2 N–H and O–H groups in total. The summed E-state index contributed by atoms with van der Waals surface area (Å²) in [6.07, 6.45) is 6.25.